The maximum absolute atomic E-state index is 12.8. The lowest BCUT2D eigenvalue weighted by atomic mass is 9.91. The van der Waals surface area contributed by atoms with Crippen molar-refractivity contribution in [3.05, 3.63) is 30.1 Å². The molecule has 1 fully saturated rings. The maximum atomic E-state index is 12.8. The molecule has 3 heterocycles. The molecule has 0 bridgehead atoms. The molecule has 1 saturated heterocycles. The minimum absolute atomic E-state index is 0.220. The molecule has 0 aromatic carbocycles. The number of nitrogens with two attached hydrogens (primary N) is 1. The number of nitrogen functional groups attached to an aromatic ring is 1. The first-order chi connectivity index (χ1) is 16.9. The van der Waals surface area contributed by atoms with Crippen LogP contribution in [0.15, 0.2) is 24.4 Å². The minimum atomic E-state index is -1.95. The summed E-state index contributed by atoms with van der Waals surface area (Å²) in [6, 6.07) is 6.97. The van der Waals surface area contributed by atoms with E-state index >= 15 is 0 Å². The number of hydrogen-bond donors (Lipinski definition) is 1. The Morgan fingerprint density at radius 3 is 2.25 bits per heavy atom. The van der Waals surface area contributed by atoms with Gasteiger partial charge in [0.25, 0.3) is 0 Å². The fourth-order valence-electron chi connectivity index (χ4n) is 3.75. The SMILES string of the molecule is CC(C)C(=O)OC[C@H]1O[C@@](C#N)(c2ccc3c(N)ccnn23)[C@H](OC(=O)C(C)C)[C@@H]1OC(=O)C(C)C. The van der Waals surface area contributed by atoms with Gasteiger partial charge in [0.2, 0.25) is 5.60 Å². The van der Waals surface area contributed by atoms with E-state index in [1.54, 1.807) is 59.7 Å². The predicted octanol–water partition coefficient (Wildman–Crippen LogP) is 2.37. The van der Waals surface area contributed by atoms with E-state index in [9.17, 15) is 19.6 Å². The molecule has 0 spiro atoms. The first-order valence-corrected chi connectivity index (χ1v) is 11.8. The van der Waals surface area contributed by atoms with Gasteiger partial charge in [0.05, 0.1) is 34.7 Å². The van der Waals surface area contributed by atoms with Crippen LogP contribution < -0.4 is 5.73 Å². The van der Waals surface area contributed by atoms with Crippen molar-refractivity contribution in [2.24, 2.45) is 17.8 Å². The summed E-state index contributed by atoms with van der Waals surface area (Å²) in [7, 11) is 0. The number of fused-ring (bicyclic) bond motifs is 1. The van der Waals surface area contributed by atoms with Crippen LogP contribution in [0, 0.1) is 29.1 Å². The highest BCUT2D eigenvalue weighted by molar-refractivity contribution is 5.74. The summed E-state index contributed by atoms with van der Waals surface area (Å²) < 4.78 is 24.5. The quantitative estimate of drug-likeness (QED) is 0.422. The van der Waals surface area contributed by atoms with E-state index in [1.165, 1.54) is 10.7 Å². The third-order valence-electron chi connectivity index (χ3n) is 5.84. The summed E-state index contributed by atoms with van der Waals surface area (Å²) in [4.78, 5) is 37.6. The van der Waals surface area contributed by atoms with Crippen molar-refractivity contribution in [3.8, 4) is 6.07 Å². The minimum Gasteiger partial charge on any atom is -0.463 e. The van der Waals surface area contributed by atoms with Crippen LogP contribution >= 0.6 is 0 Å². The van der Waals surface area contributed by atoms with Gasteiger partial charge in [-0.2, -0.15) is 10.4 Å². The second-order valence-corrected chi connectivity index (χ2v) is 9.66. The molecule has 0 saturated carbocycles. The third kappa shape index (κ3) is 4.99. The van der Waals surface area contributed by atoms with Crippen LogP contribution in [0.5, 0.6) is 0 Å². The van der Waals surface area contributed by atoms with Gasteiger partial charge < -0.3 is 24.7 Å². The zero-order chi connectivity index (χ0) is 26.8. The lowest BCUT2D eigenvalue weighted by molar-refractivity contribution is -0.174. The largest absolute Gasteiger partial charge is 0.463 e. The van der Waals surface area contributed by atoms with E-state index in [-0.39, 0.29) is 12.3 Å². The molecule has 11 heteroatoms. The lowest BCUT2D eigenvalue weighted by Gasteiger charge is -2.29. The average Bonchev–Trinajstić information content (AvgIpc) is 3.38. The van der Waals surface area contributed by atoms with Gasteiger partial charge >= 0.3 is 17.9 Å². The summed E-state index contributed by atoms with van der Waals surface area (Å²) in [6.45, 7) is 9.58. The summed E-state index contributed by atoms with van der Waals surface area (Å²) in [6.07, 6.45) is -2.27. The van der Waals surface area contributed by atoms with Crippen molar-refractivity contribution in [1.29, 1.82) is 5.26 Å². The van der Waals surface area contributed by atoms with E-state index in [0.29, 0.717) is 11.2 Å². The van der Waals surface area contributed by atoms with Crippen molar-refractivity contribution >= 4 is 29.1 Å². The highest BCUT2D eigenvalue weighted by atomic mass is 16.7. The van der Waals surface area contributed by atoms with Crippen molar-refractivity contribution in [2.75, 3.05) is 12.3 Å². The molecule has 0 amide bonds. The molecule has 4 atom stereocenters. The molecule has 2 aromatic heterocycles. The van der Waals surface area contributed by atoms with Gasteiger partial charge in [-0.3, -0.25) is 14.4 Å². The molecular formula is C25H32N4O7. The molecule has 36 heavy (non-hydrogen) atoms. The highest BCUT2D eigenvalue weighted by Crippen LogP contribution is 2.44. The van der Waals surface area contributed by atoms with Gasteiger partial charge in [-0.25, -0.2) is 4.52 Å². The van der Waals surface area contributed by atoms with Gasteiger partial charge in [0, 0.05) is 6.20 Å². The Kier molecular flexibility index (Phi) is 7.89. The number of nitrogens with zero attached hydrogens (tertiary/aromatic N) is 3. The van der Waals surface area contributed by atoms with Gasteiger partial charge in [-0.15, -0.1) is 0 Å². The molecule has 1 aliphatic rings. The molecule has 1 aliphatic heterocycles. The Hall–Kier alpha value is -3.65. The van der Waals surface area contributed by atoms with Gasteiger partial charge in [-0.05, 0) is 18.2 Å². The van der Waals surface area contributed by atoms with Gasteiger partial charge in [0.15, 0.2) is 12.2 Å². The van der Waals surface area contributed by atoms with Crippen LogP contribution in [0.3, 0.4) is 0 Å². The van der Waals surface area contributed by atoms with Gasteiger partial charge in [0.1, 0.15) is 18.8 Å². The van der Waals surface area contributed by atoms with Crippen LogP contribution in [-0.2, 0) is 38.9 Å². The fourth-order valence-corrected chi connectivity index (χ4v) is 3.75. The number of anilines is 1. The topological polar surface area (TPSA) is 155 Å². The van der Waals surface area contributed by atoms with Crippen molar-refractivity contribution < 1.29 is 33.3 Å². The van der Waals surface area contributed by atoms with E-state index < -0.39 is 59.6 Å². The number of hydrogen-bond acceptors (Lipinski definition) is 10. The number of nitriles is 1. The summed E-state index contributed by atoms with van der Waals surface area (Å²) >= 11 is 0. The molecule has 194 valence electrons. The number of rotatable bonds is 8. The number of carbonyl (C=O) groups excluding carboxylic acids is 3. The highest BCUT2D eigenvalue weighted by Gasteiger charge is 2.63. The summed E-state index contributed by atoms with van der Waals surface area (Å²) in [5.41, 5.74) is 5.25. The zero-order valence-corrected chi connectivity index (χ0v) is 21.3. The van der Waals surface area contributed by atoms with Crippen LogP contribution in [0.2, 0.25) is 0 Å². The molecule has 0 radical (unpaired) electrons. The summed E-state index contributed by atoms with van der Waals surface area (Å²) in [5, 5.41) is 14.8. The first kappa shape index (κ1) is 26.9. The van der Waals surface area contributed by atoms with Crippen LogP contribution in [0.1, 0.15) is 47.2 Å². The number of aromatic nitrogens is 2. The second kappa shape index (κ2) is 10.5. The maximum Gasteiger partial charge on any atom is 0.308 e. The van der Waals surface area contributed by atoms with E-state index in [0.717, 1.165) is 0 Å². The monoisotopic (exact) mass is 500 g/mol. The van der Waals surface area contributed by atoms with Crippen molar-refractivity contribution in [3.63, 3.8) is 0 Å². The summed E-state index contributed by atoms with van der Waals surface area (Å²) in [5.74, 6) is -3.19. The Bertz CT molecular complexity index is 1180. The van der Waals surface area contributed by atoms with Gasteiger partial charge in [-0.1, -0.05) is 41.5 Å². The number of esters is 3. The Balaban J connectivity index is 2.16. The molecule has 2 N–H and O–H groups in total. The molecule has 0 unspecified atom stereocenters. The first-order valence-electron chi connectivity index (χ1n) is 11.8. The van der Waals surface area contributed by atoms with Crippen LogP contribution in [0.25, 0.3) is 5.52 Å². The zero-order valence-electron chi connectivity index (χ0n) is 21.3. The van der Waals surface area contributed by atoms with Crippen molar-refractivity contribution in [1.82, 2.24) is 9.61 Å². The molecule has 0 aliphatic carbocycles. The average molecular weight is 501 g/mol. The lowest BCUT2D eigenvalue weighted by Crippen LogP contribution is -2.47. The molecule has 3 rings (SSSR count). The molecule has 2 aromatic rings. The normalized spacial score (nSPS) is 23.7. The van der Waals surface area contributed by atoms with Crippen molar-refractivity contribution in [2.45, 2.75) is 65.5 Å². The third-order valence-corrected chi connectivity index (χ3v) is 5.84. The van der Waals surface area contributed by atoms with Crippen LogP contribution in [-0.4, -0.2) is 52.4 Å². The smallest absolute Gasteiger partial charge is 0.308 e. The van der Waals surface area contributed by atoms with E-state index in [4.69, 9.17) is 24.7 Å². The standard InChI is InChI=1S/C25H32N4O7/c1-13(2)22(30)33-11-18-20(34-23(31)14(3)4)21(35-24(32)15(5)6)25(12-26,36-18)19-8-7-17-16(27)9-10-28-29(17)19/h7-10,13-15,18,20-21H,11,27H2,1-6H3/t18-,20-,21-,25+/m1/s1. The Morgan fingerprint density at radius 2 is 1.67 bits per heavy atom. The molecule has 11 nitrogen and oxygen atoms in total. The fraction of sp³-hybridized carbons (Fsp3) is 0.560. The van der Waals surface area contributed by atoms with E-state index in [2.05, 4.69) is 11.2 Å². The predicted molar refractivity (Wildman–Crippen MR) is 127 cm³/mol. The number of ether oxygens (including phenoxy) is 4. The Labute approximate surface area is 209 Å². The van der Waals surface area contributed by atoms with Crippen LogP contribution in [0.4, 0.5) is 5.69 Å². The second-order valence-electron chi connectivity index (χ2n) is 9.66. The Morgan fingerprint density at radius 1 is 1.06 bits per heavy atom. The van der Waals surface area contributed by atoms with E-state index in [1.807, 2.05) is 0 Å². The number of carbonyl (C=O) groups is 3. The molecular weight excluding hydrogens is 468 g/mol.